The van der Waals surface area contributed by atoms with Crippen LogP contribution in [-0.4, -0.2) is 47.8 Å². The lowest BCUT2D eigenvalue weighted by Gasteiger charge is -2.34. The van der Waals surface area contributed by atoms with Gasteiger partial charge in [0.2, 0.25) is 5.91 Å². The maximum atomic E-state index is 12.6. The van der Waals surface area contributed by atoms with Crippen LogP contribution in [0.2, 0.25) is 0 Å². The van der Waals surface area contributed by atoms with Crippen molar-refractivity contribution in [3.05, 3.63) is 44.8 Å². The molecule has 1 saturated carbocycles. The molecule has 2 aromatic heterocycles. The highest BCUT2D eigenvalue weighted by molar-refractivity contribution is 7.12. The lowest BCUT2D eigenvalue weighted by Crippen LogP contribution is -2.51. The molecule has 2 aliphatic rings. The Morgan fingerprint density at radius 1 is 0.957 bits per heavy atom. The molecule has 0 bridgehead atoms. The summed E-state index contributed by atoms with van der Waals surface area (Å²) in [5, 5.41) is 4.00. The molecule has 6 heteroatoms. The highest BCUT2D eigenvalue weighted by Crippen LogP contribution is 2.50. The molecule has 120 valence electrons. The molecule has 3 heterocycles. The summed E-state index contributed by atoms with van der Waals surface area (Å²) in [5.74, 6) is 0.947. The van der Waals surface area contributed by atoms with Gasteiger partial charge in [-0.1, -0.05) is 12.1 Å². The second-order valence-electron chi connectivity index (χ2n) is 6.06. The first-order valence-electron chi connectivity index (χ1n) is 7.89. The van der Waals surface area contributed by atoms with Gasteiger partial charge in [0.25, 0.3) is 5.91 Å². The Morgan fingerprint density at radius 3 is 2.30 bits per heavy atom. The number of thiophene rings is 2. The molecule has 0 radical (unpaired) electrons. The Morgan fingerprint density at radius 2 is 1.65 bits per heavy atom. The summed E-state index contributed by atoms with van der Waals surface area (Å²) in [5.41, 5.74) is 0. The van der Waals surface area contributed by atoms with Crippen molar-refractivity contribution in [2.45, 2.75) is 12.3 Å². The smallest absolute Gasteiger partial charge is 0.264 e. The van der Waals surface area contributed by atoms with Gasteiger partial charge in [-0.25, -0.2) is 0 Å². The zero-order valence-corrected chi connectivity index (χ0v) is 14.3. The van der Waals surface area contributed by atoms with Crippen molar-refractivity contribution in [1.29, 1.82) is 0 Å². The lowest BCUT2D eigenvalue weighted by atomic mass is 10.2. The normalized spacial score (nSPS) is 23.8. The van der Waals surface area contributed by atoms with Gasteiger partial charge in [0, 0.05) is 42.9 Å². The predicted molar refractivity (Wildman–Crippen MR) is 92.0 cm³/mol. The van der Waals surface area contributed by atoms with Gasteiger partial charge < -0.3 is 9.80 Å². The number of carbonyl (C=O) groups is 2. The zero-order valence-electron chi connectivity index (χ0n) is 12.7. The van der Waals surface area contributed by atoms with E-state index in [4.69, 9.17) is 0 Å². The van der Waals surface area contributed by atoms with E-state index < -0.39 is 0 Å². The minimum absolute atomic E-state index is 0.0926. The third-order valence-electron chi connectivity index (χ3n) is 4.63. The molecule has 2 atom stereocenters. The Bertz CT molecular complexity index is 688. The molecule has 0 aromatic carbocycles. The molecule has 1 saturated heterocycles. The van der Waals surface area contributed by atoms with E-state index in [0.717, 1.165) is 11.3 Å². The quantitative estimate of drug-likeness (QED) is 0.857. The minimum Gasteiger partial charge on any atom is -0.339 e. The fourth-order valence-electron chi connectivity index (χ4n) is 3.21. The van der Waals surface area contributed by atoms with Crippen LogP contribution in [0.4, 0.5) is 0 Å². The van der Waals surface area contributed by atoms with E-state index in [2.05, 4.69) is 17.5 Å². The number of hydrogen-bond acceptors (Lipinski definition) is 4. The number of rotatable bonds is 3. The summed E-state index contributed by atoms with van der Waals surface area (Å²) in [7, 11) is 0. The van der Waals surface area contributed by atoms with Crippen molar-refractivity contribution < 1.29 is 9.59 Å². The molecular formula is C17H18N2O2S2. The van der Waals surface area contributed by atoms with Gasteiger partial charge in [-0.05, 0) is 29.3 Å². The van der Waals surface area contributed by atoms with Crippen LogP contribution in [0.5, 0.6) is 0 Å². The third kappa shape index (κ3) is 2.93. The Balaban J connectivity index is 1.32. The maximum absolute atomic E-state index is 12.6. The molecule has 0 N–H and O–H groups in total. The summed E-state index contributed by atoms with van der Waals surface area (Å²) in [4.78, 5) is 30.8. The van der Waals surface area contributed by atoms with Gasteiger partial charge in [0.1, 0.15) is 0 Å². The van der Waals surface area contributed by atoms with Crippen molar-refractivity contribution in [3.8, 4) is 0 Å². The topological polar surface area (TPSA) is 40.6 Å². The summed E-state index contributed by atoms with van der Waals surface area (Å²) >= 11 is 3.22. The molecule has 0 spiro atoms. The largest absolute Gasteiger partial charge is 0.339 e. The van der Waals surface area contributed by atoms with E-state index in [1.54, 1.807) is 11.3 Å². The van der Waals surface area contributed by atoms with Crippen molar-refractivity contribution >= 4 is 34.5 Å². The molecule has 23 heavy (non-hydrogen) atoms. The van der Waals surface area contributed by atoms with E-state index in [9.17, 15) is 9.59 Å². The van der Waals surface area contributed by atoms with E-state index in [-0.39, 0.29) is 17.7 Å². The number of nitrogens with zero attached hydrogens (tertiary/aromatic N) is 2. The average molecular weight is 346 g/mol. The summed E-state index contributed by atoms with van der Waals surface area (Å²) in [6.07, 6.45) is 0.980. The molecule has 1 aliphatic heterocycles. The van der Waals surface area contributed by atoms with Gasteiger partial charge in [-0.2, -0.15) is 0 Å². The fraction of sp³-hybridized carbons (Fsp3) is 0.412. The lowest BCUT2D eigenvalue weighted by molar-refractivity contribution is -0.134. The molecule has 2 unspecified atom stereocenters. The van der Waals surface area contributed by atoms with Crippen molar-refractivity contribution in [2.75, 3.05) is 26.2 Å². The number of carbonyl (C=O) groups excluding carboxylic acids is 2. The van der Waals surface area contributed by atoms with Crippen LogP contribution < -0.4 is 0 Å². The standard InChI is InChI=1S/C17H18N2O2S2/c20-16(13-11-12(13)14-3-1-9-22-14)18-5-7-19(8-6-18)17(21)15-4-2-10-23-15/h1-4,9-10,12-13H,5-8,11H2. The van der Waals surface area contributed by atoms with Crippen LogP contribution in [0, 0.1) is 5.92 Å². The van der Waals surface area contributed by atoms with E-state index in [1.165, 1.54) is 16.2 Å². The summed E-state index contributed by atoms with van der Waals surface area (Å²) < 4.78 is 0. The Kier molecular flexibility index (Phi) is 3.95. The average Bonchev–Trinajstić information content (AvgIpc) is 3.00. The SMILES string of the molecule is O=C(c1cccs1)N1CCN(C(=O)C2CC2c2cccs2)CC1. The van der Waals surface area contributed by atoms with E-state index in [0.29, 0.717) is 32.1 Å². The summed E-state index contributed by atoms with van der Waals surface area (Å²) in [6.45, 7) is 2.59. The fourth-order valence-corrected chi connectivity index (χ4v) is 4.80. The van der Waals surface area contributed by atoms with Gasteiger partial charge in [0.15, 0.2) is 0 Å². The molecule has 4 nitrogen and oxygen atoms in total. The highest BCUT2D eigenvalue weighted by atomic mass is 32.1. The van der Waals surface area contributed by atoms with Gasteiger partial charge in [-0.15, -0.1) is 22.7 Å². The van der Waals surface area contributed by atoms with Crippen LogP contribution in [0.15, 0.2) is 35.0 Å². The van der Waals surface area contributed by atoms with Crippen LogP contribution >= 0.6 is 22.7 Å². The molecule has 1 aliphatic carbocycles. The predicted octanol–water partition coefficient (Wildman–Crippen LogP) is 2.90. The monoisotopic (exact) mass is 346 g/mol. The number of amides is 2. The van der Waals surface area contributed by atoms with Crippen molar-refractivity contribution in [2.24, 2.45) is 5.92 Å². The zero-order chi connectivity index (χ0) is 15.8. The van der Waals surface area contributed by atoms with Crippen molar-refractivity contribution in [1.82, 2.24) is 9.80 Å². The highest BCUT2D eigenvalue weighted by Gasteiger charge is 2.46. The third-order valence-corrected chi connectivity index (χ3v) is 6.49. The molecule has 2 amide bonds. The summed E-state index contributed by atoms with van der Waals surface area (Å²) in [6, 6.07) is 7.94. The second kappa shape index (κ2) is 6.09. The maximum Gasteiger partial charge on any atom is 0.264 e. The van der Waals surface area contributed by atoms with Crippen LogP contribution in [0.25, 0.3) is 0 Å². The van der Waals surface area contributed by atoms with Gasteiger partial charge >= 0.3 is 0 Å². The van der Waals surface area contributed by atoms with E-state index >= 15 is 0 Å². The molecule has 2 fully saturated rings. The number of hydrogen-bond donors (Lipinski definition) is 0. The first-order valence-corrected chi connectivity index (χ1v) is 9.65. The minimum atomic E-state index is 0.0926. The first kappa shape index (κ1) is 14.9. The first-order chi connectivity index (χ1) is 11.2. The molecular weight excluding hydrogens is 328 g/mol. The molecule has 4 rings (SSSR count). The Labute approximate surface area is 143 Å². The Hall–Kier alpha value is -1.66. The van der Waals surface area contributed by atoms with Crippen LogP contribution in [0.1, 0.15) is 26.9 Å². The van der Waals surface area contributed by atoms with E-state index in [1.807, 2.05) is 27.3 Å². The van der Waals surface area contributed by atoms with Gasteiger partial charge in [-0.3, -0.25) is 9.59 Å². The van der Waals surface area contributed by atoms with Crippen molar-refractivity contribution in [3.63, 3.8) is 0 Å². The van der Waals surface area contributed by atoms with Crippen LogP contribution in [-0.2, 0) is 4.79 Å². The second-order valence-corrected chi connectivity index (χ2v) is 7.99. The van der Waals surface area contributed by atoms with Crippen LogP contribution in [0.3, 0.4) is 0 Å². The number of piperazine rings is 1. The molecule has 2 aromatic rings. The van der Waals surface area contributed by atoms with Gasteiger partial charge in [0.05, 0.1) is 4.88 Å².